The van der Waals surface area contributed by atoms with E-state index in [1.807, 2.05) is 13.8 Å². The molecule has 0 amide bonds. The lowest BCUT2D eigenvalue weighted by molar-refractivity contribution is 0.264. The van der Waals surface area contributed by atoms with Gasteiger partial charge in [0, 0.05) is 0 Å². The second-order valence-electron chi connectivity index (χ2n) is 6.58. The molecule has 0 heterocycles. The molecule has 0 aliphatic carbocycles. The molecule has 0 N–H and O–H groups in total. The third-order valence-electron chi connectivity index (χ3n) is 2.05. The first kappa shape index (κ1) is 23.1. The number of rotatable bonds is 2. The molecule has 0 rings (SSSR count). The highest BCUT2D eigenvalue weighted by atomic mass is 19.5. The normalized spacial score (nSPS) is 11.8. The lowest BCUT2D eigenvalue weighted by Crippen LogP contribution is -2.32. The Morgan fingerprint density at radius 3 is 1.14 bits per heavy atom. The molecule has 0 bridgehead atoms. The van der Waals surface area contributed by atoms with E-state index in [9.17, 15) is 17.3 Å². The SMILES string of the molecule is CCOC(=[N+]=C(OCC)C(C)(C)C)C(C)(C)C.F[B-](F)(F)F. The molecule has 0 aliphatic heterocycles. The van der Waals surface area contributed by atoms with Crippen LogP contribution < -0.4 is 4.67 Å². The minimum Gasteiger partial charge on any atom is -0.435 e. The molecule has 0 aromatic heterocycles. The fraction of sp³-hybridized carbons (Fsp3) is 0.857. The molecule has 8 heteroatoms. The van der Waals surface area contributed by atoms with Crippen molar-refractivity contribution < 1.29 is 26.7 Å². The number of halogens is 4. The summed E-state index contributed by atoms with van der Waals surface area (Å²) in [6, 6.07) is 0. The van der Waals surface area contributed by atoms with Crippen molar-refractivity contribution in [1.82, 2.24) is 4.67 Å². The van der Waals surface area contributed by atoms with E-state index in [0.29, 0.717) is 13.2 Å². The lowest BCUT2D eigenvalue weighted by Gasteiger charge is -2.13. The maximum absolute atomic E-state index is 9.75. The molecular weight excluding hydrogens is 301 g/mol. The van der Waals surface area contributed by atoms with Crippen LogP contribution >= 0.6 is 0 Å². The Labute approximate surface area is 130 Å². The molecule has 0 aromatic rings. The molecule has 0 spiro atoms. The Hall–Kier alpha value is -1.17. The quantitative estimate of drug-likeness (QED) is 0.249. The van der Waals surface area contributed by atoms with Gasteiger partial charge in [-0.25, -0.2) is 0 Å². The molecular formula is C14H28BF4NO2. The predicted octanol–water partition coefficient (Wildman–Crippen LogP) is 4.32. The van der Waals surface area contributed by atoms with E-state index in [-0.39, 0.29) is 10.8 Å². The molecule has 3 nitrogen and oxygen atoms in total. The van der Waals surface area contributed by atoms with Crippen LogP contribution in [-0.4, -0.2) is 32.3 Å². The van der Waals surface area contributed by atoms with Gasteiger partial charge in [-0.15, -0.1) is 0 Å². The van der Waals surface area contributed by atoms with Crippen LogP contribution in [0.1, 0.15) is 55.4 Å². The van der Waals surface area contributed by atoms with Crippen molar-refractivity contribution in [3.05, 3.63) is 0 Å². The van der Waals surface area contributed by atoms with Gasteiger partial charge in [-0.2, -0.15) is 0 Å². The van der Waals surface area contributed by atoms with Crippen LogP contribution in [0, 0.1) is 10.8 Å². The fourth-order valence-electron chi connectivity index (χ4n) is 1.20. The summed E-state index contributed by atoms with van der Waals surface area (Å²) in [5, 5.41) is 0. The van der Waals surface area contributed by atoms with Crippen LogP contribution in [0.25, 0.3) is 0 Å². The van der Waals surface area contributed by atoms with Gasteiger partial charge in [0.05, 0.1) is 13.2 Å². The van der Waals surface area contributed by atoms with Crippen LogP contribution in [0.5, 0.6) is 0 Å². The largest absolute Gasteiger partial charge is 0.673 e. The number of ether oxygens (including phenoxy) is 2. The summed E-state index contributed by atoms with van der Waals surface area (Å²) in [6.45, 7) is 17.7. The van der Waals surface area contributed by atoms with E-state index < -0.39 is 7.25 Å². The van der Waals surface area contributed by atoms with Crippen LogP contribution in [0.15, 0.2) is 0 Å². The first-order chi connectivity index (χ1) is 9.62. The van der Waals surface area contributed by atoms with Crippen molar-refractivity contribution in [3.8, 4) is 0 Å². The van der Waals surface area contributed by atoms with Gasteiger partial charge in [-0.3, -0.25) is 0 Å². The molecule has 0 aliphatic rings. The highest BCUT2D eigenvalue weighted by Crippen LogP contribution is 2.17. The highest BCUT2D eigenvalue weighted by Gasteiger charge is 2.36. The molecule has 0 atom stereocenters. The number of hydrogen-bond acceptors (Lipinski definition) is 2. The molecule has 0 radical (unpaired) electrons. The third-order valence-corrected chi connectivity index (χ3v) is 2.05. The summed E-state index contributed by atoms with van der Waals surface area (Å²) in [6.07, 6.45) is 0. The first-order valence-corrected chi connectivity index (χ1v) is 7.22. The summed E-state index contributed by atoms with van der Waals surface area (Å²) < 4.78 is 54.8. The Bertz CT molecular complexity index is 355. The van der Waals surface area contributed by atoms with Gasteiger partial charge in [0.15, 0.2) is 0 Å². The zero-order valence-electron chi connectivity index (χ0n) is 14.8. The first-order valence-electron chi connectivity index (χ1n) is 7.22. The van der Waals surface area contributed by atoms with Gasteiger partial charge in [-0.1, -0.05) is 0 Å². The minimum atomic E-state index is -6.00. The topological polar surface area (TPSA) is 32.6 Å². The summed E-state index contributed by atoms with van der Waals surface area (Å²) >= 11 is 0. The highest BCUT2D eigenvalue weighted by molar-refractivity contribution is 6.50. The molecule has 132 valence electrons. The van der Waals surface area contributed by atoms with Crippen LogP contribution in [0.3, 0.4) is 0 Å². The molecule has 0 aromatic carbocycles. The molecule has 0 saturated heterocycles. The van der Waals surface area contributed by atoms with E-state index in [2.05, 4.69) is 46.2 Å². The summed E-state index contributed by atoms with van der Waals surface area (Å²) in [4.78, 5) is 0. The predicted molar refractivity (Wildman–Crippen MR) is 84.5 cm³/mol. The van der Waals surface area contributed by atoms with E-state index in [1.54, 1.807) is 0 Å². The van der Waals surface area contributed by atoms with Crippen molar-refractivity contribution in [2.75, 3.05) is 13.2 Å². The number of hydrogen-bond donors (Lipinski definition) is 0. The average molecular weight is 329 g/mol. The van der Waals surface area contributed by atoms with Gasteiger partial charge in [0.1, 0.15) is 10.8 Å². The van der Waals surface area contributed by atoms with E-state index >= 15 is 0 Å². The van der Waals surface area contributed by atoms with Crippen molar-refractivity contribution in [3.63, 3.8) is 0 Å². The van der Waals surface area contributed by atoms with Crippen molar-refractivity contribution >= 4 is 19.0 Å². The summed E-state index contributed by atoms with van der Waals surface area (Å²) in [5.41, 5.74) is -0.215. The van der Waals surface area contributed by atoms with Crippen LogP contribution in [0.4, 0.5) is 17.3 Å². The van der Waals surface area contributed by atoms with Gasteiger partial charge in [-0.05, 0) is 60.1 Å². The Balaban J connectivity index is 0. The second kappa shape index (κ2) is 9.08. The molecule has 22 heavy (non-hydrogen) atoms. The molecule has 0 fully saturated rings. The van der Waals surface area contributed by atoms with Gasteiger partial charge in [0.2, 0.25) is 0 Å². The Morgan fingerprint density at radius 2 is 1.00 bits per heavy atom. The zero-order chi connectivity index (χ0) is 18.2. The fourth-order valence-corrected chi connectivity index (χ4v) is 1.20. The van der Waals surface area contributed by atoms with Crippen molar-refractivity contribution in [2.24, 2.45) is 10.8 Å². The van der Waals surface area contributed by atoms with Crippen molar-refractivity contribution in [2.45, 2.75) is 55.4 Å². The average Bonchev–Trinajstić information content (AvgIpc) is 2.22. The summed E-state index contributed by atoms with van der Waals surface area (Å²) in [5.74, 6) is 1.47. The molecule has 0 saturated carbocycles. The van der Waals surface area contributed by atoms with Crippen LogP contribution in [0.2, 0.25) is 0 Å². The van der Waals surface area contributed by atoms with E-state index in [1.165, 1.54) is 0 Å². The van der Waals surface area contributed by atoms with Crippen LogP contribution in [-0.2, 0) is 9.47 Å². The maximum Gasteiger partial charge on any atom is 0.673 e. The maximum atomic E-state index is 9.75. The monoisotopic (exact) mass is 329 g/mol. The van der Waals surface area contributed by atoms with E-state index in [4.69, 9.17) is 9.47 Å². The number of nitrogens with zero attached hydrogens (tertiary/aromatic N) is 1. The second-order valence-corrected chi connectivity index (χ2v) is 6.58. The Morgan fingerprint density at radius 1 is 0.773 bits per heavy atom. The summed E-state index contributed by atoms with van der Waals surface area (Å²) in [7, 11) is -6.00. The minimum absolute atomic E-state index is 0.108. The van der Waals surface area contributed by atoms with Gasteiger partial charge >= 0.3 is 19.0 Å². The lowest BCUT2D eigenvalue weighted by atomic mass is 9.95. The van der Waals surface area contributed by atoms with Gasteiger partial charge in [0.25, 0.3) is 0 Å². The smallest absolute Gasteiger partial charge is 0.435 e. The Kier molecular flexibility index (Phi) is 9.54. The molecule has 0 unspecified atom stereocenters. The van der Waals surface area contributed by atoms with E-state index in [0.717, 1.165) is 11.8 Å². The standard InChI is InChI=1S/C14H28NO2.BF4/c1-9-16-11(13(3,4)5)15-12(17-10-2)14(6,7)8;2-1(3,4)5/h9-10H2,1-8H3;/q+1;-1. The third kappa shape index (κ3) is 13.8. The van der Waals surface area contributed by atoms with Crippen molar-refractivity contribution in [1.29, 1.82) is 0 Å². The van der Waals surface area contributed by atoms with Gasteiger partial charge < -0.3 is 26.7 Å². The zero-order valence-corrected chi connectivity index (χ0v) is 14.8.